The zero-order valence-electron chi connectivity index (χ0n) is 20.0. The Morgan fingerprint density at radius 2 is 1.82 bits per heavy atom. The number of methoxy groups -OCH3 is 1. The molecular weight excluding hydrogens is 450 g/mol. The Balaban J connectivity index is 1.88. The number of rotatable bonds is 11. The van der Waals surface area contributed by atoms with Crippen molar-refractivity contribution in [1.82, 2.24) is 9.55 Å². The van der Waals surface area contributed by atoms with Gasteiger partial charge in [-0.05, 0) is 56.5 Å². The summed E-state index contributed by atoms with van der Waals surface area (Å²) < 4.78 is 7.25. The van der Waals surface area contributed by atoms with Crippen LogP contribution in [0.4, 0.5) is 5.69 Å². The van der Waals surface area contributed by atoms with Crippen LogP contribution in [-0.2, 0) is 22.5 Å². The van der Waals surface area contributed by atoms with Crippen molar-refractivity contribution in [2.24, 2.45) is 0 Å². The lowest BCUT2D eigenvalue weighted by Crippen LogP contribution is -2.14. The van der Waals surface area contributed by atoms with E-state index < -0.39 is 11.2 Å². The number of aliphatic carboxylic acids is 1. The maximum absolute atomic E-state index is 13.1. The Bertz CT molecular complexity index is 1120. The molecule has 1 unspecified atom stereocenters. The number of carboxylic acids is 1. The molecule has 0 aliphatic heterocycles. The van der Waals surface area contributed by atoms with Crippen molar-refractivity contribution >= 4 is 29.3 Å². The summed E-state index contributed by atoms with van der Waals surface area (Å²) in [4.78, 5) is 29.8. The number of benzene rings is 2. The van der Waals surface area contributed by atoms with Crippen LogP contribution in [0.2, 0.25) is 0 Å². The zero-order chi connectivity index (χ0) is 24.7. The average molecular weight is 482 g/mol. The lowest BCUT2D eigenvalue weighted by Gasteiger charge is -2.11. The second kappa shape index (κ2) is 11.9. The van der Waals surface area contributed by atoms with Crippen molar-refractivity contribution in [3.63, 3.8) is 0 Å². The fourth-order valence-electron chi connectivity index (χ4n) is 3.56. The Labute approximate surface area is 204 Å². The smallest absolute Gasteiger partial charge is 0.316 e. The minimum atomic E-state index is -0.849. The van der Waals surface area contributed by atoms with E-state index in [-0.39, 0.29) is 5.91 Å². The van der Waals surface area contributed by atoms with Crippen molar-refractivity contribution in [1.29, 1.82) is 0 Å². The summed E-state index contributed by atoms with van der Waals surface area (Å²) in [6.07, 6.45) is 1.72. The van der Waals surface area contributed by atoms with Gasteiger partial charge in [-0.2, -0.15) is 0 Å². The van der Waals surface area contributed by atoms with Gasteiger partial charge in [-0.3, -0.25) is 9.59 Å². The SMILES string of the molecule is CCc1ccc(NC(=O)c2nc(-c3ccc(SC(C)C(=O)O)cc3)n(CCCOC)c2C)cc1. The number of carbonyl (C=O) groups excluding carboxylic acids is 1. The van der Waals surface area contributed by atoms with Gasteiger partial charge in [0.25, 0.3) is 5.91 Å². The predicted octanol–water partition coefficient (Wildman–Crippen LogP) is 5.27. The maximum Gasteiger partial charge on any atom is 0.316 e. The average Bonchev–Trinajstić information content (AvgIpc) is 3.16. The van der Waals surface area contributed by atoms with Crippen molar-refractivity contribution in [2.75, 3.05) is 19.0 Å². The second-order valence-corrected chi connectivity index (χ2v) is 9.41. The Hall–Kier alpha value is -3.10. The van der Waals surface area contributed by atoms with E-state index in [0.717, 1.165) is 34.7 Å². The third-order valence-corrected chi connectivity index (χ3v) is 6.66. The molecule has 2 N–H and O–H groups in total. The molecule has 0 saturated heterocycles. The third-order valence-electron chi connectivity index (χ3n) is 5.56. The van der Waals surface area contributed by atoms with Crippen LogP contribution in [0.5, 0.6) is 0 Å². The fraction of sp³-hybridized carbons (Fsp3) is 0.346. The highest BCUT2D eigenvalue weighted by Crippen LogP contribution is 2.28. The lowest BCUT2D eigenvalue weighted by atomic mass is 10.1. The summed E-state index contributed by atoms with van der Waals surface area (Å²) in [5.74, 6) is -0.405. The van der Waals surface area contributed by atoms with E-state index >= 15 is 0 Å². The number of imidazole rings is 1. The zero-order valence-corrected chi connectivity index (χ0v) is 20.8. The standard InChI is InChI=1S/C26H31N3O4S/c1-5-19-7-11-21(12-8-19)27-25(30)23-17(2)29(15-6-16-33-4)24(28-23)20-9-13-22(14-10-20)34-18(3)26(31)32/h7-14,18H,5-6,15-16H2,1-4H3,(H,27,30)(H,31,32). The predicted molar refractivity (Wildman–Crippen MR) is 136 cm³/mol. The van der Waals surface area contributed by atoms with Crippen molar-refractivity contribution in [3.8, 4) is 11.4 Å². The van der Waals surface area contributed by atoms with E-state index in [1.165, 1.54) is 17.3 Å². The minimum absolute atomic E-state index is 0.254. The fourth-order valence-corrected chi connectivity index (χ4v) is 4.36. The molecule has 0 fully saturated rings. The monoisotopic (exact) mass is 481 g/mol. The summed E-state index contributed by atoms with van der Waals surface area (Å²) in [7, 11) is 1.67. The number of carbonyl (C=O) groups is 2. The lowest BCUT2D eigenvalue weighted by molar-refractivity contribution is -0.136. The van der Waals surface area contributed by atoms with E-state index in [1.807, 2.05) is 60.0 Å². The Morgan fingerprint density at radius 1 is 1.15 bits per heavy atom. The second-order valence-electron chi connectivity index (χ2n) is 7.99. The van der Waals surface area contributed by atoms with E-state index in [1.54, 1.807) is 14.0 Å². The molecule has 0 spiro atoms. The van der Waals surface area contributed by atoms with Gasteiger partial charge < -0.3 is 19.7 Å². The number of hydrogen-bond donors (Lipinski definition) is 2. The molecule has 0 bridgehead atoms. The first-order valence-electron chi connectivity index (χ1n) is 11.3. The summed E-state index contributed by atoms with van der Waals surface area (Å²) in [6.45, 7) is 6.91. The van der Waals surface area contributed by atoms with Crippen LogP contribution >= 0.6 is 11.8 Å². The van der Waals surface area contributed by atoms with Crippen LogP contribution in [0.3, 0.4) is 0 Å². The highest BCUT2D eigenvalue weighted by atomic mass is 32.2. The first-order chi connectivity index (χ1) is 16.3. The van der Waals surface area contributed by atoms with Crippen molar-refractivity contribution < 1.29 is 19.4 Å². The molecule has 1 amide bonds. The normalized spacial score (nSPS) is 11.9. The molecule has 34 heavy (non-hydrogen) atoms. The molecule has 7 nitrogen and oxygen atoms in total. The van der Waals surface area contributed by atoms with Gasteiger partial charge in [0.05, 0.1) is 0 Å². The highest BCUT2D eigenvalue weighted by molar-refractivity contribution is 8.00. The van der Waals surface area contributed by atoms with Crippen LogP contribution in [0.15, 0.2) is 53.4 Å². The first-order valence-corrected chi connectivity index (χ1v) is 12.2. The van der Waals surface area contributed by atoms with E-state index in [2.05, 4.69) is 12.2 Å². The van der Waals surface area contributed by atoms with Crippen LogP contribution < -0.4 is 5.32 Å². The van der Waals surface area contributed by atoms with Gasteiger partial charge in [-0.15, -0.1) is 11.8 Å². The summed E-state index contributed by atoms with van der Waals surface area (Å²) in [6, 6.07) is 15.4. The third kappa shape index (κ3) is 6.27. The van der Waals surface area contributed by atoms with Gasteiger partial charge in [-0.1, -0.05) is 31.2 Å². The molecule has 0 saturated carbocycles. The van der Waals surface area contributed by atoms with E-state index in [4.69, 9.17) is 14.8 Å². The molecule has 0 aliphatic rings. The maximum atomic E-state index is 13.1. The number of thioether (sulfide) groups is 1. The van der Waals surface area contributed by atoms with Gasteiger partial charge in [0, 0.05) is 42.1 Å². The number of aryl methyl sites for hydroxylation is 1. The molecule has 8 heteroatoms. The van der Waals surface area contributed by atoms with Crippen LogP contribution in [0.1, 0.15) is 42.0 Å². The quantitative estimate of drug-likeness (QED) is 0.286. The molecule has 1 atom stereocenters. The summed E-state index contributed by atoms with van der Waals surface area (Å²) >= 11 is 1.29. The van der Waals surface area contributed by atoms with Crippen molar-refractivity contribution in [2.45, 2.75) is 50.3 Å². The first kappa shape index (κ1) is 25.5. The van der Waals surface area contributed by atoms with Crippen LogP contribution in [-0.4, -0.2) is 45.5 Å². The summed E-state index contributed by atoms with van der Waals surface area (Å²) in [5, 5.41) is 11.6. The molecule has 3 rings (SSSR count). The number of ether oxygens (including phenoxy) is 1. The molecule has 180 valence electrons. The number of hydrogen-bond acceptors (Lipinski definition) is 5. The highest BCUT2D eigenvalue weighted by Gasteiger charge is 2.21. The molecule has 2 aromatic carbocycles. The number of nitrogens with one attached hydrogen (secondary N) is 1. The van der Waals surface area contributed by atoms with Gasteiger partial charge in [0.15, 0.2) is 0 Å². The Morgan fingerprint density at radius 3 is 2.41 bits per heavy atom. The minimum Gasteiger partial charge on any atom is -0.480 e. The van der Waals surface area contributed by atoms with Gasteiger partial charge in [-0.25, -0.2) is 4.98 Å². The van der Waals surface area contributed by atoms with Gasteiger partial charge >= 0.3 is 5.97 Å². The Kier molecular flexibility index (Phi) is 8.90. The van der Waals surface area contributed by atoms with E-state index in [9.17, 15) is 9.59 Å². The number of carboxylic acid groups (broad SMARTS) is 1. The van der Waals surface area contributed by atoms with Crippen molar-refractivity contribution in [3.05, 3.63) is 65.5 Å². The molecule has 1 aromatic heterocycles. The number of anilines is 1. The largest absolute Gasteiger partial charge is 0.480 e. The van der Waals surface area contributed by atoms with Gasteiger partial charge in [0.1, 0.15) is 16.8 Å². The van der Waals surface area contributed by atoms with Gasteiger partial charge in [0.2, 0.25) is 0 Å². The van der Waals surface area contributed by atoms with Crippen LogP contribution in [0, 0.1) is 6.92 Å². The van der Waals surface area contributed by atoms with E-state index in [0.29, 0.717) is 24.7 Å². The molecule has 0 radical (unpaired) electrons. The topological polar surface area (TPSA) is 93.5 Å². The number of aromatic nitrogens is 2. The molecular formula is C26H31N3O4S. The number of nitrogens with zero attached hydrogens (tertiary/aromatic N) is 2. The molecule has 0 aliphatic carbocycles. The molecule has 3 aromatic rings. The summed E-state index contributed by atoms with van der Waals surface area (Å²) in [5.41, 5.74) is 3.96. The molecule has 1 heterocycles. The number of amides is 1. The van der Waals surface area contributed by atoms with Crippen LogP contribution in [0.25, 0.3) is 11.4 Å².